The summed E-state index contributed by atoms with van der Waals surface area (Å²) in [7, 11) is -0.812. The quantitative estimate of drug-likeness (QED) is 0.391. The molecule has 0 atom stereocenters. The van der Waals surface area contributed by atoms with E-state index in [0.29, 0.717) is 0 Å². The predicted molar refractivity (Wildman–Crippen MR) is 26.6 cm³/mol. The Morgan fingerprint density at radius 3 is 1.50 bits per heavy atom. The molecular formula is CH8B2O3. The molecule has 6 heavy (non-hydrogen) atoms. The molecule has 0 aromatic carbocycles. The minimum absolute atomic E-state index is 0. The molecule has 0 radical (unpaired) electrons. The average Bonchev–Trinajstić information content (AvgIpc) is 1.41. The Labute approximate surface area is 38.6 Å². The standard InChI is InChI=1S/CH4.B2H4O3/c;3-1-5-2-4/h1H4;1-4H. The van der Waals surface area contributed by atoms with Gasteiger partial charge in [0, 0.05) is 0 Å². The molecule has 2 N–H and O–H groups in total. The predicted octanol–water partition coefficient (Wildman–Crippen LogP) is -1.84. The lowest BCUT2D eigenvalue weighted by molar-refractivity contribution is 0.408. The van der Waals surface area contributed by atoms with Crippen molar-refractivity contribution in [3.63, 3.8) is 0 Å². The highest BCUT2D eigenvalue weighted by atomic mass is 16.5. The van der Waals surface area contributed by atoms with E-state index in [1.807, 2.05) is 0 Å². The zero-order valence-electron chi connectivity index (χ0n) is 2.72. The molecule has 0 heterocycles. The fourth-order valence-electron chi connectivity index (χ4n) is 0.0408. The van der Waals surface area contributed by atoms with Gasteiger partial charge >= 0.3 is 15.4 Å². The molecule has 5 heteroatoms. The maximum Gasteiger partial charge on any atom is 0.421 e. The summed E-state index contributed by atoms with van der Waals surface area (Å²) < 4.78 is 3.94. The van der Waals surface area contributed by atoms with Crippen LogP contribution < -0.4 is 0 Å². The third-order valence-corrected chi connectivity index (χ3v) is 0.183. The SMILES string of the molecule is C.OBOBO. The van der Waals surface area contributed by atoms with Crippen molar-refractivity contribution < 1.29 is 14.6 Å². The molecule has 0 spiro atoms. The summed E-state index contributed by atoms with van der Waals surface area (Å²) in [6.07, 6.45) is 0. The van der Waals surface area contributed by atoms with Crippen LogP contribution in [-0.2, 0) is 4.57 Å². The first kappa shape index (κ1) is 9.38. The highest BCUT2D eigenvalue weighted by Crippen LogP contribution is 1.48. The van der Waals surface area contributed by atoms with Gasteiger partial charge in [-0.25, -0.2) is 0 Å². The first-order valence-electron chi connectivity index (χ1n) is 1.21. The van der Waals surface area contributed by atoms with Gasteiger partial charge in [-0.1, -0.05) is 7.43 Å². The monoisotopic (exact) mass is 90.1 g/mol. The Kier molecular flexibility index (Phi) is 13.9. The Bertz CT molecular complexity index is 16.3. The van der Waals surface area contributed by atoms with E-state index < -0.39 is 15.4 Å². The minimum Gasteiger partial charge on any atom is -0.457 e. The van der Waals surface area contributed by atoms with Gasteiger partial charge in [0.05, 0.1) is 0 Å². The van der Waals surface area contributed by atoms with Crippen LogP contribution in [0.25, 0.3) is 0 Å². The molecule has 0 amide bonds. The van der Waals surface area contributed by atoms with Crippen molar-refractivity contribution in [2.45, 2.75) is 7.43 Å². The van der Waals surface area contributed by atoms with Gasteiger partial charge in [0.15, 0.2) is 0 Å². The molecule has 0 aliphatic heterocycles. The smallest absolute Gasteiger partial charge is 0.421 e. The van der Waals surface area contributed by atoms with Crippen LogP contribution in [0.4, 0.5) is 0 Å². The van der Waals surface area contributed by atoms with Crippen LogP contribution >= 0.6 is 0 Å². The molecule has 36 valence electrons. The molecule has 0 bridgehead atoms. The van der Waals surface area contributed by atoms with Crippen molar-refractivity contribution in [3.05, 3.63) is 0 Å². The summed E-state index contributed by atoms with van der Waals surface area (Å²) in [6.45, 7) is 0. The first-order chi connectivity index (χ1) is 2.41. The highest BCUT2D eigenvalue weighted by Gasteiger charge is 1.77. The van der Waals surface area contributed by atoms with Gasteiger partial charge in [-0.2, -0.15) is 0 Å². The van der Waals surface area contributed by atoms with Crippen LogP contribution in [0.5, 0.6) is 0 Å². The van der Waals surface area contributed by atoms with E-state index >= 15 is 0 Å². The summed E-state index contributed by atoms with van der Waals surface area (Å²) in [5.74, 6) is 0. The summed E-state index contributed by atoms with van der Waals surface area (Å²) in [4.78, 5) is 0. The molecular weight excluding hydrogens is 81.6 g/mol. The molecule has 0 fully saturated rings. The second-order valence-electron chi connectivity index (χ2n) is 0.462. The van der Waals surface area contributed by atoms with Crippen molar-refractivity contribution in [1.82, 2.24) is 0 Å². The lowest BCUT2D eigenvalue weighted by Gasteiger charge is -1.80. The second-order valence-corrected chi connectivity index (χ2v) is 0.462. The second kappa shape index (κ2) is 8.89. The van der Waals surface area contributed by atoms with E-state index in [2.05, 4.69) is 4.57 Å². The summed E-state index contributed by atoms with van der Waals surface area (Å²) >= 11 is 0. The molecule has 0 saturated heterocycles. The lowest BCUT2D eigenvalue weighted by Crippen LogP contribution is -2.00. The van der Waals surface area contributed by atoms with Crippen molar-refractivity contribution in [2.24, 2.45) is 0 Å². The zero-order chi connectivity index (χ0) is 4.12. The van der Waals surface area contributed by atoms with E-state index in [0.717, 1.165) is 0 Å². The molecule has 0 aliphatic carbocycles. The van der Waals surface area contributed by atoms with Crippen molar-refractivity contribution in [2.75, 3.05) is 0 Å². The number of hydrogen-bond acceptors (Lipinski definition) is 3. The molecule has 0 rings (SSSR count). The minimum atomic E-state index is -0.406. The molecule has 3 nitrogen and oxygen atoms in total. The van der Waals surface area contributed by atoms with Gasteiger partial charge in [0.2, 0.25) is 0 Å². The normalized spacial score (nSPS) is 5.67. The average molecular weight is 89.7 g/mol. The Morgan fingerprint density at radius 1 is 1.17 bits per heavy atom. The maximum absolute atomic E-state index is 7.68. The Hall–Kier alpha value is 0.00987. The number of rotatable bonds is 2. The zero-order valence-corrected chi connectivity index (χ0v) is 2.72. The largest absolute Gasteiger partial charge is 0.457 e. The van der Waals surface area contributed by atoms with Crippen LogP contribution in [0.1, 0.15) is 7.43 Å². The molecule has 0 aromatic rings. The Balaban J connectivity index is 0. The topological polar surface area (TPSA) is 49.7 Å². The van der Waals surface area contributed by atoms with Gasteiger partial charge in [0.25, 0.3) is 0 Å². The lowest BCUT2D eigenvalue weighted by atomic mass is 10.3. The highest BCUT2D eigenvalue weighted by molar-refractivity contribution is 6.32. The van der Waals surface area contributed by atoms with E-state index in [-0.39, 0.29) is 7.43 Å². The van der Waals surface area contributed by atoms with Crippen LogP contribution in [0.2, 0.25) is 0 Å². The van der Waals surface area contributed by atoms with E-state index in [1.54, 1.807) is 0 Å². The van der Waals surface area contributed by atoms with Crippen molar-refractivity contribution in [3.8, 4) is 0 Å². The maximum atomic E-state index is 7.68. The summed E-state index contributed by atoms with van der Waals surface area (Å²) in [5, 5.41) is 15.4. The molecule has 0 aromatic heterocycles. The van der Waals surface area contributed by atoms with Crippen LogP contribution in [0, 0.1) is 0 Å². The van der Waals surface area contributed by atoms with Crippen LogP contribution in [0.15, 0.2) is 0 Å². The van der Waals surface area contributed by atoms with Gasteiger partial charge in [-0.3, -0.25) is 0 Å². The van der Waals surface area contributed by atoms with E-state index in [4.69, 9.17) is 10.0 Å². The fourth-order valence-corrected chi connectivity index (χ4v) is 0.0408. The van der Waals surface area contributed by atoms with Crippen LogP contribution in [-0.4, -0.2) is 25.4 Å². The number of hydrogen-bond donors (Lipinski definition) is 2. The molecule has 0 unspecified atom stereocenters. The van der Waals surface area contributed by atoms with Gasteiger partial charge in [-0.05, 0) is 0 Å². The van der Waals surface area contributed by atoms with E-state index in [9.17, 15) is 0 Å². The van der Waals surface area contributed by atoms with Crippen molar-refractivity contribution >= 4 is 15.4 Å². The fraction of sp³-hybridized carbons (Fsp3) is 1.00. The summed E-state index contributed by atoms with van der Waals surface area (Å²) in [6, 6.07) is 0. The van der Waals surface area contributed by atoms with Crippen molar-refractivity contribution in [1.29, 1.82) is 0 Å². The van der Waals surface area contributed by atoms with Crippen LogP contribution in [0.3, 0.4) is 0 Å². The molecule has 0 aliphatic rings. The summed E-state index contributed by atoms with van der Waals surface area (Å²) in [5.41, 5.74) is 0. The van der Waals surface area contributed by atoms with Gasteiger partial charge in [-0.15, -0.1) is 0 Å². The third kappa shape index (κ3) is 8.99. The first-order valence-corrected chi connectivity index (χ1v) is 1.21. The van der Waals surface area contributed by atoms with E-state index in [1.165, 1.54) is 0 Å². The third-order valence-electron chi connectivity index (χ3n) is 0.183. The van der Waals surface area contributed by atoms with Gasteiger partial charge in [0.1, 0.15) is 0 Å². The Morgan fingerprint density at radius 2 is 1.50 bits per heavy atom. The van der Waals surface area contributed by atoms with Gasteiger partial charge < -0.3 is 14.6 Å². The molecule has 0 saturated carbocycles.